The standard InChI is InChI=1S/C14H21FN2O/c1-16-9-7-13(8-10-16)17(2)12-3-5-14(6-4-12)18-11-15/h3-6,13H,7-11H2,1-2H3. The molecule has 18 heavy (non-hydrogen) atoms. The fraction of sp³-hybridized carbons (Fsp3) is 0.571. The maximum Gasteiger partial charge on any atom is 0.228 e. The quantitative estimate of drug-likeness (QED) is 0.819. The lowest BCUT2D eigenvalue weighted by Gasteiger charge is -2.36. The summed E-state index contributed by atoms with van der Waals surface area (Å²) in [5.41, 5.74) is 1.16. The molecule has 1 aliphatic heterocycles. The first-order valence-electron chi connectivity index (χ1n) is 6.41. The van der Waals surface area contributed by atoms with E-state index in [0.717, 1.165) is 18.8 Å². The Hall–Kier alpha value is -1.29. The van der Waals surface area contributed by atoms with Gasteiger partial charge in [0.1, 0.15) is 5.75 Å². The summed E-state index contributed by atoms with van der Waals surface area (Å²) in [4.78, 5) is 4.68. The molecule has 2 rings (SSSR count). The summed E-state index contributed by atoms with van der Waals surface area (Å²) >= 11 is 0. The van der Waals surface area contributed by atoms with Gasteiger partial charge in [0.25, 0.3) is 0 Å². The van der Waals surface area contributed by atoms with Crippen molar-refractivity contribution in [1.82, 2.24) is 4.90 Å². The summed E-state index contributed by atoms with van der Waals surface area (Å²) in [5.74, 6) is 0.582. The molecule has 1 fully saturated rings. The average Bonchev–Trinajstić information content (AvgIpc) is 2.40. The fourth-order valence-corrected chi connectivity index (χ4v) is 2.43. The lowest BCUT2D eigenvalue weighted by atomic mass is 10.0. The summed E-state index contributed by atoms with van der Waals surface area (Å²) in [6.07, 6.45) is 2.38. The summed E-state index contributed by atoms with van der Waals surface area (Å²) < 4.78 is 16.8. The van der Waals surface area contributed by atoms with Gasteiger partial charge in [0, 0.05) is 18.8 Å². The Kier molecular flexibility index (Phi) is 4.42. The van der Waals surface area contributed by atoms with Crippen molar-refractivity contribution in [2.24, 2.45) is 0 Å². The summed E-state index contributed by atoms with van der Waals surface area (Å²) in [5, 5.41) is 0. The molecule has 0 spiro atoms. The lowest BCUT2D eigenvalue weighted by molar-refractivity contribution is 0.192. The van der Waals surface area contributed by atoms with Gasteiger partial charge in [0.2, 0.25) is 6.86 Å². The van der Waals surface area contributed by atoms with Gasteiger partial charge in [-0.2, -0.15) is 0 Å². The van der Waals surface area contributed by atoms with Crippen molar-refractivity contribution < 1.29 is 9.13 Å². The van der Waals surface area contributed by atoms with Crippen molar-refractivity contribution in [3.05, 3.63) is 24.3 Å². The number of hydrogen-bond acceptors (Lipinski definition) is 3. The van der Waals surface area contributed by atoms with Crippen LogP contribution in [0.2, 0.25) is 0 Å². The summed E-state index contributed by atoms with van der Waals surface area (Å²) in [6.45, 7) is 1.53. The van der Waals surface area contributed by atoms with E-state index in [2.05, 4.69) is 23.9 Å². The van der Waals surface area contributed by atoms with Crippen LogP contribution in [0.4, 0.5) is 10.1 Å². The van der Waals surface area contributed by atoms with Crippen LogP contribution < -0.4 is 9.64 Å². The van der Waals surface area contributed by atoms with Gasteiger partial charge in [0.15, 0.2) is 0 Å². The van der Waals surface area contributed by atoms with Crippen LogP contribution in [0.15, 0.2) is 24.3 Å². The Morgan fingerprint density at radius 3 is 2.44 bits per heavy atom. The van der Waals surface area contributed by atoms with Crippen molar-refractivity contribution in [3.8, 4) is 5.75 Å². The minimum Gasteiger partial charge on any atom is -0.463 e. The Bertz CT molecular complexity index is 361. The number of anilines is 1. The minimum atomic E-state index is -0.774. The Morgan fingerprint density at radius 2 is 1.89 bits per heavy atom. The second kappa shape index (κ2) is 6.05. The van der Waals surface area contributed by atoms with Crippen LogP contribution in [0.25, 0.3) is 0 Å². The number of benzene rings is 1. The number of piperidine rings is 1. The van der Waals surface area contributed by atoms with Crippen LogP contribution in [0.5, 0.6) is 5.75 Å². The van der Waals surface area contributed by atoms with E-state index in [1.807, 2.05) is 24.3 Å². The van der Waals surface area contributed by atoms with Gasteiger partial charge in [-0.1, -0.05) is 0 Å². The monoisotopic (exact) mass is 252 g/mol. The second-order valence-corrected chi connectivity index (χ2v) is 4.89. The molecule has 0 aromatic heterocycles. The van der Waals surface area contributed by atoms with Crippen molar-refractivity contribution >= 4 is 5.69 Å². The van der Waals surface area contributed by atoms with Crippen LogP contribution >= 0.6 is 0 Å². The van der Waals surface area contributed by atoms with Crippen LogP contribution in [0.1, 0.15) is 12.8 Å². The van der Waals surface area contributed by atoms with Crippen LogP contribution in [0, 0.1) is 0 Å². The van der Waals surface area contributed by atoms with Gasteiger partial charge >= 0.3 is 0 Å². The van der Waals surface area contributed by atoms with E-state index >= 15 is 0 Å². The third-order valence-corrected chi connectivity index (χ3v) is 3.70. The number of ether oxygens (including phenoxy) is 1. The zero-order valence-corrected chi connectivity index (χ0v) is 11.1. The molecule has 1 saturated heterocycles. The predicted octanol–water partition coefficient (Wildman–Crippen LogP) is 2.52. The fourth-order valence-electron chi connectivity index (χ4n) is 2.43. The molecule has 1 heterocycles. The van der Waals surface area contributed by atoms with Gasteiger partial charge in [-0.3, -0.25) is 0 Å². The van der Waals surface area contributed by atoms with E-state index in [1.165, 1.54) is 12.8 Å². The van der Waals surface area contributed by atoms with Crippen molar-refractivity contribution in [2.45, 2.75) is 18.9 Å². The van der Waals surface area contributed by atoms with E-state index in [1.54, 1.807) is 0 Å². The molecule has 0 aliphatic carbocycles. The molecule has 0 atom stereocenters. The third kappa shape index (κ3) is 3.13. The number of halogens is 1. The highest BCUT2D eigenvalue weighted by Gasteiger charge is 2.20. The van der Waals surface area contributed by atoms with Gasteiger partial charge < -0.3 is 14.5 Å². The number of nitrogens with zero attached hydrogens (tertiary/aromatic N) is 2. The van der Waals surface area contributed by atoms with E-state index < -0.39 is 6.86 Å². The zero-order valence-electron chi connectivity index (χ0n) is 11.1. The maximum absolute atomic E-state index is 12.0. The first-order chi connectivity index (χ1) is 8.70. The molecule has 1 aromatic carbocycles. The lowest BCUT2D eigenvalue weighted by Crippen LogP contribution is -2.41. The predicted molar refractivity (Wildman–Crippen MR) is 72.0 cm³/mol. The first kappa shape index (κ1) is 13.1. The molecule has 0 radical (unpaired) electrons. The van der Waals surface area contributed by atoms with Gasteiger partial charge in [-0.25, -0.2) is 4.39 Å². The molecule has 0 unspecified atom stereocenters. The second-order valence-electron chi connectivity index (χ2n) is 4.89. The topological polar surface area (TPSA) is 15.7 Å². The van der Waals surface area contributed by atoms with E-state index in [4.69, 9.17) is 4.74 Å². The molecule has 3 nitrogen and oxygen atoms in total. The molecule has 0 amide bonds. The van der Waals surface area contributed by atoms with E-state index in [-0.39, 0.29) is 0 Å². The highest BCUT2D eigenvalue weighted by Crippen LogP contribution is 2.24. The number of likely N-dealkylation sites (tertiary alicyclic amines) is 1. The molecular formula is C14H21FN2O. The molecule has 0 N–H and O–H groups in total. The molecule has 0 bridgehead atoms. The summed E-state index contributed by atoms with van der Waals surface area (Å²) in [6, 6.07) is 8.21. The SMILES string of the molecule is CN1CCC(N(C)c2ccc(OCF)cc2)CC1. The molecule has 100 valence electrons. The van der Waals surface area contributed by atoms with E-state index in [0.29, 0.717) is 11.8 Å². The summed E-state index contributed by atoms with van der Waals surface area (Å²) in [7, 11) is 4.29. The number of rotatable bonds is 4. The van der Waals surface area contributed by atoms with Gasteiger partial charge in [-0.15, -0.1) is 0 Å². The third-order valence-electron chi connectivity index (χ3n) is 3.70. The van der Waals surface area contributed by atoms with Crippen LogP contribution in [-0.4, -0.2) is 45.0 Å². The van der Waals surface area contributed by atoms with Crippen molar-refractivity contribution in [3.63, 3.8) is 0 Å². The van der Waals surface area contributed by atoms with Crippen molar-refractivity contribution in [2.75, 3.05) is 38.9 Å². The number of alkyl halides is 1. The molecule has 1 aromatic rings. The average molecular weight is 252 g/mol. The van der Waals surface area contributed by atoms with Crippen molar-refractivity contribution in [1.29, 1.82) is 0 Å². The van der Waals surface area contributed by atoms with Gasteiger partial charge in [-0.05, 0) is 57.2 Å². The normalized spacial score (nSPS) is 17.7. The minimum absolute atomic E-state index is 0.582. The molecule has 1 aliphatic rings. The smallest absolute Gasteiger partial charge is 0.228 e. The molecular weight excluding hydrogens is 231 g/mol. The first-order valence-corrected chi connectivity index (χ1v) is 6.41. The van der Waals surface area contributed by atoms with Gasteiger partial charge in [0.05, 0.1) is 0 Å². The largest absolute Gasteiger partial charge is 0.463 e. The highest BCUT2D eigenvalue weighted by atomic mass is 19.1. The zero-order chi connectivity index (χ0) is 13.0. The van der Waals surface area contributed by atoms with Crippen LogP contribution in [-0.2, 0) is 0 Å². The molecule has 4 heteroatoms. The Morgan fingerprint density at radius 1 is 1.28 bits per heavy atom. The Balaban J connectivity index is 1.97. The highest BCUT2D eigenvalue weighted by molar-refractivity contribution is 5.49. The molecule has 0 saturated carbocycles. The Labute approximate surface area is 108 Å². The van der Waals surface area contributed by atoms with Crippen LogP contribution in [0.3, 0.4) is 0 Å². The maximum atomic E-state index is 12.0. The van der Waals surface area contributed by atoms with E-state index in [9.17, 15) is 4.39 Å². The number of hydrogen-bond donors (Lipinski definition) is 0.